The first-order chi connectivity index (χ1) is 16.7. The van der Waals surface area contributed by atoms with E-state index in [9.17, 15) is 14.7 Å². The van der Waals surface area contributed by atoms with Gasteiger partial charge in [-0.2, -0.15) is 0 Å². The molecule has 2 aliphatic rings. The predicted molar refractivity (Wildman–Crippen MR) is 137 cm³/mol. The number of fused-ring (bicyclic) bond motifs is 3. The second kappa shape index (κ2) is 8.56. The summed E-state index contributed by atoms with van der Waals surface area (Å²) in [5.41, 5.74) is 3.79. The Morgan fingerprint density at radius 1 is 1.11 bits per heavy atom. The Kier molecular flexibility index (Phi) is 5.66. The summed E-state index contributed by atoms with van der Waals surface area (Å²) in [7, 11) is 1.64. The number of hydrogen-bond acceptors (Lipinski definition) is 5. The highest BCUT2D eigenvalue weighted by Crippen LogP contribution is 2.45. The van der Waals surface area contributed by atoms with Crippen LogP contribution in [0.5, 0.6) is 5.75 Å². The minimum absolute atomic E-state index is 0.0133. The summed E-state index contributed by atoms with van der Waals surface area (Å²) in [5.74, 6) is 0.482. The lowest BCUT2D eigenvalue weighted by atomic mass is 9.78. The smallest absolute Gasteiger partial charge is 0.341 e. The van der Waals surface area contributed by atoms with Crippen molar-refractivity contribution in [2.75, 3.05) is 25.1 Å². The second-order valence-electron chi connectivity index (χ2n) is 10.5. The van der Waals surface area contributed by atoms with E-state index in [0.717, 1.165) is 41.2 Å². The van der Waals surface area contributed by atoms with Gasteiger partial charge >= 0.3 is 5.97 Å². The third-order valence-corrected chi connectivity index (χ3v) is 7.25. The lowest BCUT2D eigenvalue weighted by Crippen LogP contribution is -2.32. The van der Waals surface area contributed by atoms with Crippen LogP contribution in [0.25, 0.3) is 22.4 Å². The van der Waals surface area contributed by atoms with Crippen LogP contribution in [-0.2, 0) is 6.42 Å². The number of methoxy groups -OCH3 is 1. The number of pyridine rings is 2. The van der Waals surface area contributed by atoms with Gasteiger partial charge in [-0.15, -0.1) is 0 Å². The molecule has 7 heteroatoms. The highest BCUT2D eigenvalue weighted by atomic mass is 16.5. The minimum atomic E-state index is -1.21. The van der Waals surface area contributed by atoms with Crippen molar-refractivity contribution < 1.29 is 14.6 Å². The van der Waals surface area contributed by atoms with Crippen LogP contribution in [0.1, 0.15) is 55.6 Å². The zero-order chi connectivity index (χ0) is 24.9. The van der Waals surface area contributed by atoms with Crippen LogP contribution >= 0.6 is 0 Å². The van der Waals surface area contributed by atoms with Crippen LogP contribution in [0.3, 0.4) is 0 Å². The van der Waals surface area contributed by atoms with E-state index in [1.54, 1.807) is 7.11 Å². The standard InChI is InChI=1S/C28H31N3O4/c1-28(2,3)25-12-18-11-20(17-7-8-26(29-15-17)30-9-5-6-10-30)24(35-4)13-19(18)22-14-23(32)21(27(33)34)16-31(22)25/h7-8,11,13-16,25H,5-6,9-10,12H2,1-4H3,(H,33,34). The Balaban J connectivity index is 1.64. The Morgan fingerprint density at radius 3 is 2.46 bits per heavy atom. The normalized spacial score (nSPS) is 17.1. The predicted octanol–water partition coefficient (Wildman–Crippen LogP) is 5.03. The first-order valence-electron chi connectivity index (χ1n) is 12.1. The monoisotopic (exact) mass is 473 g/mol. The summed E-state index contributed by atoms with van der Waals surface area (Å²) >= 11 is 0. The molecule has 35 heavy (non-hydrogen) atoms. The summed E-state index contributed by atoms with van der Waals surface area (Å²) in [6.45, 7) is 8.50. The number of hydrogen-bond donors (Lipinski definition) is 1. The van der Waals surface area contributed by atoms with Crippen molar-refractivity contribution in [3.8, 4) is 28.1 Å². The van der Waals surface area contributed by atoms with Gasteiger partial charge in [-0.05, 0) is 54.5 Å². The molecule has 1 N–H and O–H groups in total. The molecule has 3 aromatic rings. The Bertz CT molecular complexity index is 1350. The zero-order valence-corrected chi connectivity index (χ0v) is 20.7. The molecule has 2 aromatic heterocycles. The molecule has 7 nitrogen and oxygen atoms in total. The van der Waals surface area contributed by atoms with Gasteiger partial charge < -0.3 is 19.3 Å². The minimum Gasteiger partial charge on any atom is -0.496 e. The molecule has 5 rings (SSSR count). The van der Waals surface area contributed by atoms with Crippen LogP contribution in [0.15, 0.2) is 47.5 Å². The van der Waals surface area contributed by atoms with Crippen LogP contribution in [0.2, 0.25) is 0 Å². The number of ether oxygens (including phenoxy) is 1. The van der Waals surface area contributed by atoms with Crippen molar-refractivity contribution >= 4 is 11.8 Å². The highest BCUT2D eigenvalue weighted by Gasteiger charge is 2.34. The lowest BCUT2D eigenvalue weighted by molar-refractivity contribution is 0.0693. The fourth-order valence-electron chi connectivity index (χ4n) is 5.32. The summed E-state index contributed by atoms with van der Waals surface area (Å²) in [5, 5.41) is 9.54. The fraction of sp³-hybridized carbons (Fsp3) is 0.393. The van der Waals surface area contributed by atoms with E-state index in [4.69, 9.17) is 9.72 Å². The fourth-order valence-corrected chi connectivity index (χ4v) is 5.32. The van der Waals surface area contributed by atoms with E-state index in [1.807, 2.05) is 16.8 Å². The second-order valence-corrected chi connectivity index (χ2v) is 10.5. The van der Waals surface area contributed by atoms with Crippen LogP contribution in [-0.4, -0.2) is 40.8 Å². The van der Waals surface area contributed by atoms with Gasteiger partial charge in [0.1, 0.15) is 17.1 Å². The summed E-state index contributed by atoms with van der Waals surface area (Å²) < 4.78 is 7.73. The Labute approximate surface area is 205 Å². The van der Waals surface area contributed by atoms with E-state index < -0.39 is 11.4 Å². The molecule has 0 saturated carbocycles. The zero-order valence-electron chi connectivity index (χ0n) is 20.7. The average molecular weight is 474 g/mol. The highest BCUT2D eigenvalue weighted by molar-refractivity contribution is 5.88. The van der Waals surface area contributed by atoms with Gasteiger partial charge in [-0.25, -0.2) is 9.78 Å². The van der Waals surface area contributed by atoms with Crippen molar-refractivity contribution in [1.82, 2.24) is 9.55 Å². The van der Waals surface area contributed by atoms with Gasteiger partial charge in [0.05, 0.1) is 12.8 Å². The first kappa shape index (κ1) is 23.1. The molecule has 1 saturated heterocycles. The molecule has 1 atom stereocenters. The van der Waals surface area contributed by atoms with E-state index in [2.05, 4.69) is 43.9 Å². The van der Waals surface area contributed by atoms with E-state index in [-0.39, 0.29) is 17.0 Å². The molecular weight excluding hydrogens is 442 g/mol. The first-order valence-corrected chi connectivity index (χ1v) is 12.1. The average Bonchev–Trinajstić information content (AvgIpc) is 3.36. The number of carboxylic acids is 1. The largest absolute Gasteiger partial charge is 0.496 e. The van der Waals surface area contributed by atoms with Gasteiger partial charge in [0, 0.05) is 54.3 Å². The maximum Gasteiger partial charge on any atom is 0.341 e. The molecule has 1 aromatic carbocycles. The van der Waals surface area contributed by atoms with E-state index in [0.29, 0.717) is 17.9 Å². The van der Waals surface area contributed by atoms with Gasteiger partial charge in [0.15, 0.2) is 5.43 Å². The summed E-state index contributed by atoms with van der Waals surface area (Å²) in [6, 6.07) is 9.70. The SMILES string of the molecule is COc1cc2c(cc1-c1ccc(N3CCCC3)nc1)CC(C(C)(C)C)n1cc(C(=O)O)c(=O)cc1-2. The summed E-state index contributed by atoms with van der Waals surface area (Å²) in [6.07, 6.45) is 6.52. The molecule has 0 amide bonds. The maximum absolute atomic E-state index is 12.6. The number of anilines is 1. The molecule has 182 valence electrons. The molecule has 2 aliphatic heterocycles. The van der Waals surface area contributed by atoms with Crippen molar-refractivity contribution in [3.05, 3.63) is 64.1 Å². The Morgan fingerprint density at radius 2 is 1.86 bits per heavy atom. The number of rotatable bonds is 4. The molecule has 0 spiro atoms. The lowest BCUT2D eigenvalue weighted by Gasteiger charge is -2.39. The summed E-state index contributed by atoms with van der Waals surface area (Å²) in [4.78, 5) is 31.4. The molecule has 1 unspecified atom stereocenters. The molecule has 4 heterocycles. The third kappa shape index (κ3) is 4.09. The van der Waals surface area contributed by atoms with Gasteiger partial charge in [-0.3, -0.25) is 4.79 Å². The van der Waals surface area contributed by atoms with Crippen LogP contribution in [0.4, 0.5) is 5.82 Å². The molecule has 0 bridgehead atoms. The number of aromatic nitrogens is 2. The van der Waals surface area contributed by atoms with Gasteiger partial charge in [-0.1, -0.05) is 20.8 Å². The van der Waals surface area contributed by atoms with Gasteiger partial charge in [0.25, 0.3) is 0 Å². The molecular formula is C28H31N3O4. The number of nitrogens with zero attached hydrogens (tertiary/aromatic N) is 3. The number of carboxylic acid groups (broad SMARTS) is 1. The number of benzene rings is 1. The van der Waals surface area contributed by atoms with Crippen molar-refractivity contribution in [2.45, 2.75) is 46.1 Å². The van der Waals surface area contributed by atoms with Crippen molar-refractivity contribution in [1.29, 1.82) is 0 Å². The Hall–Kier alpha value is -3.61. The van der Waals surface area contributed by atoms with E-state index in [1.165, 1.54) is 25.1 Å². The molecule has 0 aliphatic carbocycles. The van der Waals surface area contributed by atoms with Gasteiger partial charge in [0.2, 0.25) is 0 Å². The number of aromatic carboxylic acids is 1. The maximum atomic E-state index is 12.6. The van der Waals surface area contributed by atoms with E-state index >= 15 is 0 Å². The molecule has 1 fully saturated rings. The van der Waals surface area contributed by atoms with Crippen molar-refractivity contribution in [3.63, 3.8) is 0 Å². The topological polar surface area (TPSA) is 84.7 Å². The quantitative estimate of drug-likeness (QED) is 0.572. The van der Waals surface area contributed by atoms with Crippen molar-refractivity contribution in [2.24, 2.45) is 5.41 Å². The third-order valence-electron chi connectivity index (χ3n) is 7.25. The molecule has 0 radical (unpaired) electrons. The van der Waals surface area contributed by atoms with Crippen LogP contribution in [0, 0.1) is 5.41 Å². The van der Waals surface area contributed by atoms with Crippen LogP contribution < -0.4 is 15.1 Å². The number of carbonyl (C=O) groups is 1.